The maximum absolute atomic E-state index is 6.00. The Morgan fingerprint density at radius 3 is 2.42 bits per heavy atom. The molecule has 1 aromatic carbocycles. The van der Waals surface area contributed by atoms with Crippen LogP contribution in [-0.4, -0.2) is 6.54 Å². The van der Waals surface area contributed by atoms with Gasteiger partial charge in [0.25, 0.3) is 0 Å². The minimum absolute atomic E-state index is 0.642. The van der Waals surface area contributed by atoms with Crippen LogP contribution in [0, 0.1) is 18.8 Å². The van der Waals surface area contributed by atoms with E-state index in [9.17, 15) is 0 Å². The van der Waals surface area contributed by atoms with Gasteiger partial charge >= 0.3 is 0 Å². The van der Waals surface area contributed by atoms with Crippen molar-refractivity contribution in [2.75, 3.05) is 6.54 Å². The highest BCUT2D eigenvalue weighted by Gasteiger charge is 2.15. The van der Waals surface area contributed by atoms with Gasteiger partial charge in [-0.05, 0) is 49.3 Å². The van der Waals surface area contributed by atoms with Crippen molar-refractivity contribution in [1.82, 2.24) is 0 Å². The first kappa shape index (κ1) is 16.2. The average molecular weight is 261 g/mol. The molecule has 0 aliphatic heterocycles. The van der Waals surface area contributed by atoms with Gasteiger partial charge < -0.3 is 5.73 Å². The second-order valence-electron chi connectivity index (χ2n) is 5.88. The van der Waals surface area contributed by atoms with E-state index >= 15 is 0 Å². The lowest BCUT2D eigenvalue weighted by Crippen LogP contribution is -2.20. The molecule has 19 heavy (non-hydrogen) atoms. The Morgan fingerprint density at radius 1 is 1.11 bits per heavy atom. The van der Waals surface area contributed by atoms with Gasteiger partial charge in [-0.2, -0.15) is 0 Å². The third-order valence-electron chi connectivity index (χ3n) is 4.31. The molecule has 0 fully saturated rings. The van der Waals surface area contributed by atoms with Crippen LogP contribution in [-0.2, 0) is 6.42 Å². The Labute approximate surface area is 119 Å². The van der Waals surface area contributed by atoms with Crippen LogP contribution < -0.4 is 5.73 Å². The first-order valence-electron chi connectivity index (χ1n) is 7.95. The molecular weight excluding hydrogens is 230 g/mol. The molecular formula is C18H31N. The molecule has 0 aliphatic rings. The fourth-order valence-electron chi connectivity index (χ4n) is 2.87. The highest BCUT2D eigenvalue weighted by atomic mass is 14.5. The Morgan fingerprint density at radius 2 is 1.84 bits per heavy atom. The third kappa shape index (κ3) is 5.78. The lowest BCUT2D eigenvalue weighted by Gasteiger charge is -2.22. The van der Waals surface area contributed by atoms with Gasteiger partial charge in [-0.1, -0.05) is 63.8 Å². The molecule has 1 heteroatoms. The van der Waals surface area contributed by atoms with E-state index in [4.69, 9.17) is 5.73 Å². The molecule has 1 nitrogen and oxygen atoms in total. The van der Waals surface area contributed by atoms with E-state index in [-0.39, 0.29) is 0 Å². The van der Waals surface area contributed by atoms with Gasteiger partial charge in [-0.25, -0.2) is 0 Å². The maximum atomic E-state index is 6.00. The monoisotopic (exact) mass is 261 g/mol. The summed E-state index contributed by atoms with van der Waals surface area (Å²) in [5.41, 5.74) is 8.88. The van der Waals surface area contributed by atoms with Gasteiger partial charge in [0.15, 0.2) is 0 Å². The second kappa shape index (κ2) is 9.14. The third-order valence-corrected chi connectivity index (χ3v) is 4.31. The van der Waals surface area contributed by atoms with E-state index in [1.807, 2.05) is 0 Å². The summed E-state index contributed by atoms with van der Waals surface area (Å²) < 4.78 is 0. The summed E-state index contributed by atoms with van der Waals surface area (Å²) in [4.78, 5) is 0. The summed E-state index contributed by atoms with van der Waals surface area (Å²) in [6.07, 6.45) is 7.77. The number of hydrogen-bond donors (Lipinski definition) is 1. The maximum Gasteiger partial charge on any atom is -0.00456 e. The summed E-state index contributed by atoms with van der Waals surface area (Å²) in [5, 5.41) is 0. The highest BCUT2D eigenvalue weighted by Crippen LogP contribution is 2.24. The normalized spacial score (nSPS) is 14.3. The molecule has 108 valence electrons. The molecule has 2 N–H and O–H groups in total. The predicted molar refractivity (Wildman–Crippen MR) is 85.4 cm³/mol. The molecule has 0 aliphatic carbocycles. The molecule has 0 amide bonds. The first-order chi connectivity index (χ1) is 9.21. The van der Waals surface area contributed by atoms with E-state index < -0.39 is 0 Å². The van der Waals surface area contributed by atoms with E-state index in [0.29, 0.717) is 5.92 Å². The fraction of sp³-hybridized carbons (Fsp3) is 0.667. The number of nitrogens with two attached hydrogens (primary N) is 1. The average Bonchev–Trinajstić information content (AvgIpc) is 2.44. The summed E-state index contributed by atoms with van der Waals surface area (Å²) in [5.74, 6) is 1.50. The molecule has 0 heterocycles. The van der Waals surface area contributed by atoms with Crippen LogP contribution in [0.3, 0.4) is 0 Å². The smallest absolute Gasteiger partial charge is 0.00456 e. The summed E-state index contributed by atoms with van der Waals surface area (Å²) >= 11 is 0. The zero-order valence-electron chi connectivity index (χ0n) is 13.0. The van der Waals surface area contributed by atoms with Crippen LogP contribution >= 0.6 is 0 Å². The predicted octanol–water partition coefficient (Wildman–Crippen LogP) is 4.72. The van der Waals surface area contributed by atoms with Crippen LogP contribution in [0.4, 0.5) is 0 Å². The van der Waals surface area contributed by atoms with E-state index in [1.54, 1.807) is 0 Å². The number of benzene rings is 1. The zero-order valence-corrected chi connectivity index (χ0v) is 13.0. The van der Waals surface area contributed by atoms with E-state index in [2.05, 4.69) is 45.0 Å². The van der Waals surface area contributed by atoms with Crippen molar-refractivity contribution in [3.05, 3.63) is 35.4 Å². The molecule has 1 aromatic rings. The SMILES string of the molecule is CCCCC(CC)CC(CN)Cc1ccccc1C. The molecule has 0 saturated heterocycles. The quantitative estimate of drug-likeness (QED) is 0.684. The zero-order chi connectivity index (χ0) is 14.1. The number of hydrogen-bond acceptors (Lipinski definition) is 1. The standard InChI is InChI=1S/C18H31N/c1-4-6-10-16(5-2)12-17(14-19)13-18-11-8-7-9-15(18)3/h7-9,11,16-17H,4-6,10,12-14,19H2,1-3H3. The summed E-state index contributed by atoms with van der Waals surface area (Å²) in [6, 6.07) is 8.72. The molecule has 0 aromatic heterocycles. The second-order valence-corrected chi connectivity index (χ2v) is 5.88. The van der Waals surface area contributed by atoms with Crippen molar-refractivity contribution in [3.63, 3.8) is 0 Å². The molecule has 0 saturated carbocycles. The molecule has 0 bridgehead atoms. The van der Waals surface area contributed by atoms with Crippen LogP contribution in [0.15, 0.2) is 24.3 Å². The highest BCUT2D eigenvalue weighted by molar-refractivity contribution is 5.25. The first-order valence-corrected chi connectivity index (χ1v) is 7.95. The molecule has 1 rings (SSSR count). The van der Waals surface area contributed by atoms with Crippen LogP contribution in [0.5, 0.6) is 0 Å². The van der Waals surface area contributed by atoms with E-state index in [1.165, 1.54) is 43.2 Å². The molecule has 2 atom stereocenters. The van der Waals surface area contributed by atoms with Gasteiger partial charge in [0.2, 0.25) is 0 Å². The van der Waals surface area contributed by atoms with Crippen molar-refractivity contribution in [2.24, 2.45) is 17.6 Å². The lowest BCUT2D eigenvalue weighted by atomic mass is 9.85. The van der Waals surface area contributed by atoms with E-state index in [0.717, 1.165) is 18.9 Å². The van der Waals surface area contributed by atoms with Gasteiger partial charge in [-0.3, -0.25) is 0 Å². The van der Waals surface area contributed by atoms with Crippen LogP contribution in [0.2, 0.25) is 0 Å². The number of unbranched alkanes of at least 4 members (excludes halogenated alkanes) is 1. The minimum Gasteiger partial charge on any atom is -0.330 e. The van der Waals surface area contributed by atoms with Crippen LogP contribution in [0.25, 0.3) is 0 Å². The van der Waals surface area contributed by atoms with Gasteiger partial charge in [0, 0.05) is 0 Å². The number of rotatable bonds is 9. The Hall–Kier alpha value is -0.820. The van der Waals surface area contributed by atoms with Crippen molar-refractivity contribution in [2.45, 2.75) is 59.3 Å². The molecule has 2 unspecified atom stereocenters. The molecule has 0 spiro atoms. The lowest BCUT2D eigenvalue weighted by molar-refractivity contribution is 0.339. The summed E-state index contributed by atoms with van der Waals surface area (Å²) in [6.45, 7) is 7.62. The Balaban J connectivity index is 2.55. The van der Waals surface area contributed by atoms with Crippen molar-refractivity contribution < 1.29 is 0 Å². The topological polar surface area (TPSA) is 26.0 Å². The van der Waals surface area contributed by atoms with Crippen molar-refractivity contribution >= 4 is 0 Å². The fourth-order valence-corrected chi connectivity index (χ4v) is 2.87. The number of aryl methyl sites for hydroxylation is 1. The van der Waals surface area contributed by atoms with Gasteiger partial charge in [0.1, 0.15) is 0 Å². The summed E-state index contributed by atoms with van der Waals surface area (Å²) in [7, 11) is 0. The molecule has 0 radical (unpaired) electrons. The van der Waals surface area contributed by atoms with Gasteiger partial charge in [0.05, 0.1) is 0 Å². The van der Waals surface area contributed by atoms with Crippen LogP contribution in [0.1, 0.15) is 57.1 Å². The van der Waals surface area contributed by atoms with Gasteiger partial charge in [-0.15, -0.1) is 0 Å². The minimum atomic E-state index is 0.642. The largest absolute Gasteiger partial charge is 0.330 e. The van der Waals surface area contributed by atoms with Crippen molar-refractivity contribution in [3.8, 4) is 0 Å². The van der Waals surface area contributed by atoms with Crippen molar-refractivity contribution in [1.29, 1.82) is 0 Å². The Bertz CT molecular complexity index is 345. The Kier molecular flexibility index (Phi) is 7.81.